The van der Waals surface area contributed by atoms with Crippen LogP contribution in [0.25, 0.3) is 0 Å². The molecule has 76 valence electrons. The van der Waals surface area contributed by atoms with E-state index in [0.717, 1.165) is 5.92 Å². The fraction of sp³-hybridized carbons (Fsp3) is 1.00. The number of piperazine rings is 1. The molecule has 0 atom stereocenters. The first-order valence-electron chi connectivity index (χ1n) is 5.34. The first kappa shape index (κ1) is 9.44. The van der Waals surface area contributed by atoms with E-state index in [2.05, 4.69) is 10.2 Å². The molecule has 0 spiro atoms. The van der Waals surface area contributed by atoms with Gasteiger partial charge in [0, 0.05) is 39.8 Å². The molecular formula is C10H20N2O. The Kier molecular flexibility index (Phi) is 3.19. The van der Waals surface area contributed by atoms with Crippen LogP contribution >= 0.6 is 0 Å². The largest absolute Gasteiger partial charge is 0.381 e. The average molecular weight is 184 g/mol. The van der Waals surface area contributed by atoms with Crippen LogP contribution in [0.1, 0.15) is 12.8 Å². The van der Waals surface area contributed by atoms with Crippen LogP contribution in [0.2, 0.25) is 0 Å². The van der Waals surface area contributed by atoms with E-state index in [0.29, 0.717) is 6.10 Å². The number of methoxy groups -OCH3 is 1. The standard InChI is InChI=1S/C10H20N2O/c1-13-10-6-9(7-10)8-12-4-2-11-3-5-12/h9-11H,2-8H2,1H3. The highest BCUT2D eigenvalue weighted by Crippen LogP contribution is 2.30. The SMILES string of the molecule is COC1CC(CN2CCNCC2)C1. The van der Waals surface area contributed by atoms with Gasteiger partial charge in [0.25, 0.3) is 0 Å². The molecule has 3 nitrogen and oxygen atoms in total. The zero-order chi connectivity index (χ0) is 9.10. The van der Waals surface area contributed by atoms with Gasteiger partial charge in [-0.05, 0) is 18.8 Å². The van der Waals surface area contributed by atoms with Crippen molar-refractivity contribution in [2.45, 2.75) is 18.9 Å². The highest BCUT2D eigenvalue weighted by molar-refractivity contribution is 4.83. The molecule has 1 N–H and O–H groups in total. The monoisotopic (exact) mass is 184 g/mol. The van der Waals surface area contributed by atoms with Crippen LogP contribution in [0.5, 0.6) is 0 Å². The van der Waals surface area contributed by atoms with Crippen LogP contribution in [0.3, 0.4) is 0 Å². The smallest absolute Gasteiger partial charge is 0.0577 e. The van der Waals surface area contributed by atoms with Crippen molar-refractivity contribution in [3.8, 4) is 0 Å². The van der Waals surface area contributed by atoms with Crippen molar-refractivity contribution in [1.82, 2.24) is 10.2 Å². The summed E-state index contributed by atoms with van der Waals surface area (Å²) in [4.78, 5) is 2.58. The zero-order valence-electron chi connectivity index (χ0n) is 8.46. The molecule has 0 radical (unpaired) electrons. The summed E-state index contributed by atoms with van der Waals surface area (Å²) < 4.78 is 5.27. The van der Waals surface area contributed by atoms with E-state index in [-0.39, 0.29) is 0 Å². The van der Waals surface area contributed by atoms with Gasteiger partial charge in [-0.2, -0.15) is 0 Å². The van der Waals surface area contributed by atoms with Crippen molar-refractivity contribution in [3.63, 3.8) is 0 Å². The fourth-order valence-electron chi connectivity index (χ4n) is 2.27. The molecule has 1 saturated heterocycles. The van der Waals surface area contributed by atoms with Crippen LogP contribution in [-0.2, 0) is 4.74 Å². The molecule has 3 heteroatoms. The molecule has 2 rings (SSSR count). The highest BCUT2D eigenvalue weighted by atomic mass is 16.5. The number of ether oxygens (including phenoxy) is 1. The predicted octanol–water partition coefficient (Wildman–Crippen LogP) is 0.317. The van der Waals surface area contributed by atoms with Gasteiger partial charge >= 0.3 is 0 Å². The third-order valence-corrected chi connectivity index (χ3v) is 3.25. The second-order valence-corrected chi connectivity index (χ2v) is 4.25. The van der Waals surface area contributed by atoms with Crippen LogP contribution in [0, 0.1) is 5.92 Å². The Bertz CT molecular complexity index is 151. The van der Waals surface area contributed by atoms with Gasteiger partial charge in [-0.3, -0.25) is 0 Å². The molecule has 1 aliphatic carbocycles. The van der Waals surface area contributed by atoms with Crippen molar-refractivity contribution < 1.29 is 4.74 Å². The summed E-state index contributed by atoms with van der Waals surface area (Å²) in [6.07, 6.45) is 3.12. The Morgan fingerprint density at radius 1 is 1.31 bits per heavy atom. The topological polar surface area (TPSA) is 24.5 Å². The minimum atomic E-state index is 0.563. The van der Waals surface area contributed by atoms with Gasteiger partial charge < -0.3 is 15.0 Å². The highest BCUT2D eigenvalue weighted by Gasteiger charge is 2.30. The zero-order valence-corrected chi connectivity index (χ0v) is 8.46. The first-order valence-corrected chi connectivity index (χ1v) is 5.34. The molecule has 2 fully saturated rings. The van der Waals surface area contributed by atoms with E-state index in [4.69, 9.17) is 4.74 Å². The van der Waals surface area contributed by atoms with E-state index in [1.54, 1.807) is 0 Å². The summed E-state index contributed by atoms with van der Waals surface area (Å²) >= 11 is 0. The summed E-state index contributed by atoms with van der Waals surface area (Å²) in [6.45, 7) is 6.09. The van der Waals surface area contributed by atoms with Crippen molar-refractivity contribution >= 4 is 0 Å². The van der Waals surface area contributed by atoms with Crippen molar-refractivity contribution in [2.75, 3.05) is 39.8 Å². The van der Waals surface area contributed by atoms with Crippen molar-refractivity contribution in [3.05, 3.63) is 0 Å². The maximum atomic E-state index is 5.27. The Morgan fingerprint density at radius 3 is 2.62 bits per heavy atom. The third-order valence-electron chi connectivity index (χ3n) is 3.25. The summed E-state index contributed by atoms with van der Waals surface area (Å²) in [5.74, 6) is 0.906. The van der Waals surface area contributed by atoms with E-state index < -0.39 is 0 Å². The summed E-state index contributed by atoms with van der Waals surface area (Å²) in [7, 11) is 1.83. The Balaban J connectivity index is 1.62. The van der Waals surface area contributed by atoms with Gasteiger partial charge in [-0.1, -0.05) is 0 Å². The second kappa shape index (κ2) is 4.40. The molecular weight excluding hydrogens is 164 g/mol. The van der Waals surface area contributed by atoms with E-state index >= 15 is 0 Å². The summed E-state index contributed by atoms with van der Waals surface area (Å²) in [6, 6.07) is 0. The van der Waals surface area contributed by atoms with Crippen LogP contribution in [0.15, 0.2) is 0 Å². The van der Waals surface area contributed by atoms with Crippen LogP contribution in [-0.4, -0.2) is 50.8 Å². The minimum Gasteiger partial charge on any atom is -0.381 e. The molecule has 2 aliphatic rings. The first-order chi connectivity index (χ1) is 6.38. The Hall–Kier alpha value is -0.120. The van der Waals surface area contributed by atoms with E-state index in [1.165, 1.54) is 45.6 Å². The lowest BCUT2D eigenvalue weighted by Crippen LogP contribution is -2.47. The van der Waals surface area contributed by atoms with E-state index in [1.807, 2.05) is 7.11 Å². The van der Waals surface area contributed by atoms with Gasteiger partial charge in [0.1, 0.15) is 0 Å². The Labute approximate surface area is 80.4 Å². The number of hydrogen-bond acceptors (Lipinski definition) is 3. The molecule has 1 aliphatic heterocycles. The Morgan fingerprint density at radius 2 is 2.00 bits per heavy atom. The number of rotatable bonds is 3. The average Bonchev–Trinajstić information content (AvgIpc) is 2.12. The molecule has 1 heterocycles. The molecule has 0 amide bonds. The van der Waals surface area contributed by atoms with Gasteiger partial charge in [-0.15, -0.1) is 0 Å². The third kappa shape index (κ3) is 2.42. The lowest BCUT2D eigenvalue weighted by molar-refractivity contribution is -0.0118. The van der Waals surface area contributed by atoms with Gasteiger partial charge in [0.2, 0.25) is 0 Å². The van der Waals surface area contributed by atoms with Crippen LogP contribution in [0.4, 0.5) is 0 Å². The minimum absolute atomic E-state index is 0.563. The quantitative estimate of drug-likeness (QED) is 0.683. The lowest BCUT2D eigenvalue weighted by Gasteiger charge is -2.38. The summed E-state index contributed by atoms with van der Waals surface area (Å²) in [5.41, 5.74) is 0. The molecule has 1 saturated carbocycles. The second-order valence-electron chi connectivity index (χ2n) is 4.25. The normalized spacial score (nSPS) is 35.8. The van der Waals surface area contributed by atoms with Crippen LogP contribution < -0.4 is 5.32 Å². The van der Waals surface area contributed by atoms with E-state index in [9.17, 15) is 0 Å². The van der Waals surface area contributed by atoms with Crippen molar-refractivity contribution in [2.24, 2.45) is 5.92 Å². The fourth-order valence-corrected chi connectivity index (χ4v) is 2.27. The number of hydrogen-bond donors (Lipinski definition) is 1. The predicted molar refractivity (Wildman–Crippen MR) is 52.8 cm³/mol. The maximum absolute atomic E-state index is 5.27. The van der Waals surface area contributed by atoms with Crippen molar-refractivity contribution in [1.29, 1.82) is 0 Å². The summed E-state index contributed by atoms with van der Waals surface area (Å²) in [5, 5.41) is 3.38. The molecule has 0 aromatic carbocycles. The molecule has 13 heavy (non-hydrogen) atoms. The molecule has 0 bridgehead atoms. The number of nitrogens with zero attached hydrogens (tertiary/aromatic N) is 1. The molecule has 0 aromatic rings. The van der Waals surface area contributed by atoms with Gasteiger partial charge in [0.05, 0.1) is 6.10 Å². The van der Waals surface area contributed by atoms with Gasteiger partial charge in [-0.25, -0.2) is 0 Å². The maximum Gasteiger partial charge on any atom is 0.0577 e. The number of nitrogens with one attached hydrogen (secondary N) is 1. The molecule has 0 aromatic heterocycles. The lowest BCUT2D eigenvalue weighted by atomic mass is 9.82. The molecule has 0 unspecified atom stereocenters. The van der Waals surface area contributed by atoms with Gasteiger partial charge in [0.15, 0.2) is 0 Å².